The molecule has 0 fully saturated rings. The van der Waals surface area contributed by atoms with Crippen molar-refractivity contribution >= 4 is 32.6 Å². The number of benzene rings is 1. The van der Waals surface area contributed by atoms with E-state index in [0.29, 0.717) is 5.69 Å². The van der Waals surface area contributed by atoms with E-state index in [-0.39, 0.29) is 12.3 Å². The van der Waals surface area contributed by atoms with Crippen LogP contribution in [0.5, 0.6) is 0 Å². The van der Waals surface area contributed by atoms with Crippen LogP contribution in [-0.2, 0) is 16.6 Å². The average Bonchev–Trinajstić information content (AvgIpc) is 2.81. The maximum atomic E-state index is 11.9. The van der Waals surface area contributed by atoms with Gasteiger partial charge >= 0.3 is 6.03 Å². The largest absolute Gasteiger partial charge is 0.345 e. The number of carbonyl (C=O) groups excluding carboxylic acids is 1. The van der Waals surface area contributed by atoms with Crippen molar-refractivity contribution in [2.75, 3.05) is 31.7 Å². The third-order valence-electron chi connectivity index (χ3n) is 3.88. The molecule has 2 rings (SSSR count). The van der Waals surface area contributed by atoms with Crippen LogP contribution < -0.4 is 10.6 Å². The third-order valence-corrected chi connectivity index (χ3v) is 5.72. The summed E-state index contributed by atoms with van der Waals surface area (Å²) in [7, 11) is -0.378. The lowest BCUT2D eigenvalue weighted by Gasteiger charge is -2.12. The Bertz CT molecular complexity index is 840. The normalized spacial score (nSPS) is 11.9. The number of fused-ring (bicyclic) bond motifs is 1. The molecule has 0 spiro atoms. The fourth-order valence-corrected chi connectivity index (χ4v) is 3.28. The van der Waals surface area contributed by atoms with E-state index in [1.807, 2.05) is 18.2 Å². The molecule has 1 aromatic carbocycles. The molecule has 0 aliphatic carbocycles. The van der Waals surface area contributed by atoms with Gasteiger partial charge in [-0.25, -0.2) is 17.5 Å². The second-order valence-corrected chi connectivity index (χ2v) is 8.09. The second-order valence-electron chi connectivity index (χ2n) is 5.78. The summed E-state index contributed by atoms with van der Waals surface area (Å²) in [6.07, 6.45) is 0. The zero-order chi connectivity index (χ0) is 17.9. The molecule has 1 heterocycles. The van der Waals surface area contributed by atoms with Gasteiger partial charge in [-0.3, -0.25) is 0 Å². The van der Waals surface area contributed by atoms with Crippen molar-refractivity contribution in [2.45, 2.75) is 20.4 Å². The van der Waals surface area contributed by atoms with Crippen LogP contribution >= 0.6 is 0 Å². The number of hydrogen-bond acceptors (Lipinski definition) is 3. The van der Waals surface area contributed by atoms with Crippen LogP contribution in [0.3, 0.4) is 0 Å². The molecule has 1 aromatic heterocycles. The van der Waals surface area contributed by atoms with Crippen molar-refractivity contribution in [3.05, 3.63) is 30.0 Å². The monoisotopic (exact) mass is 352 g/mol. The zero-order valence-electron chi connectivity index (χ0n) is 14.5. The van der Waals surface area contributed by atoms with E-state index in [4.69, 9.17) is 0 Å². The van der Waals surface area contributed by atoms with Crippen molar-refractivity contribution < 1.29 is 13.2 Å². The molecule has 0 saturated carbocycles. The molecule has 0 radical (unpaired) electrons. The summed E-state index contributed by atoms with van der Waals surface area (Å²) in [5.74, 6) is -0.134. The number of rotatable bonds is 6. The standard InChI is InChI=1S/C16H24N4O3S/c1-5-20-12(2)10-13-11-14(6-7-15(13)20)18-16(21)17-8-9-24(22,23)19(3)4/h6-7,10-11H,5,8-9H2,1-4H3,(H2,17,18,21). The Labute approximate surface area is 142 Å². The summed E-state index contributed by atoms with van der Waals surface area (Å²) in [5, 5.41) is 6.34. The van der Waals surface area contributed by atoms with E-state index < -0.39 is 16.1 Å². The van der Waals surface area contributed by atoms with E-state index in [2.05, 4.69) is 35.1 Å². The number of urea groups is 1. The first kappa shape index (κ1) is 18.3. The van der Waals surface area contributed by atoms with Gasteiger partial charge in [-0.15, -0.1) is 0 Å². The van der Waals surface area contributed by atoms with Gasteiger partial charge in [0.05, 0.1) is 5.75 Å². The quantitative estimate of drug-likeness (QED) is 0.834. The van der Waals surface area contributed by atoms with Gasteiger partial charge < -0.3 is 15.2 Å². The van der Waals surface area contributed by atoms with Crippen LogP contribution in [0, 0.1) is 6.92 Å². The molecule has 0 unspecified atom stereocenters. The number of hydrogen-bond donors (Lipinski definition) is 2. The van der Waals surface area contributed by atoms with Gasteiger partial charge in [-0.2, -0.15) is 0 Å². The smallest absolute Gasteiger partial charge is 0.319 e. The number of nitrogens with one attached hydrogen (secondary N) is 2. The van der Waals surface area contributed by atoms with E-state index in [1.54, 1.807) is 0 Å². The molecule has 8 heteroatoms. The number of anilines is 1. The van der Waals surface area contributed by atoms with Crippen molar-refractivity contribution in [1.29, 1.82) is 0 Å². The van der Waals surface area contributed by atoms with E-state index in [0.717, 1.165) is 21.8 Å². The number of aromatic nitrogens is 1. The van der Waals surface area contributed by atoms with Crippen LogP contribution in [-0.4, -0.2) is 49.7 Å². The Hall–Kier alpha value is -2.06. The molecule has 0 aliphatic rings. The van der Waals surface area contributed by atoms with Gasteiger partial charge in [0.2, 0.25) is 10.0 Å². The van der Waals surface area contributed by atoms with E-state index in [1.165, 1.54) is 19.8 Å². The minimum Gasteiger partial charge on any atom is -0.345 e. The van der Waals surface area contributed by atoms with E-state index in [9.17, 15) is 13.2 Å². The number of sulfonamides is 1. The highest BCUT2D eigenvalue weighted by Gasteiger charge is 2.13. The van der Waals surface area contributed by atoms with Crippen LogP contribution in [0.2, 0.25) is 0 Å². The van der Waals surface area contributed by atoms with Crippen molar-refractivity contribution in [3.8, 4) is 0 Å². The van der Waals surface area contributed by atoms with Gasteiger partial charge in [0, 0.05) is 49.5 Å². The Kier molecular flexibility index (Phi) is 5.51. The predicted octanol–water partition coefficient (Wildman–Crippen LogP) is 1.98. The first-order valence-corrected chi connectivity index (χ1v) is 9.40. The number of nitrogens with zero attached hydrogens (tertiary/aromatic N) is 2. The van der Waals surface area contributed by atoms with Gasteiger partial charge in [-0.05, 0) is 38.1 Å². The highest BCUT2D eigenvalue weighted by molar-refractivity contribution is 7.89. The summed E-state index contributed by atoms with van der Waals surface area (Å²) < 4.78 is 26.6. The Morgan fingerprint density at radius 2 is 1.96 bits per heavy atom. The summed E-state index contributed by atoms with van der Waals surface area (Å²) in [6, 6.07) is 7.37. The lowest BCUT2D eigenvalue weighted by molar-refractivity contribution is 0.252. The number of aryl methyl sites for hydroxylation is 2. The first-order chi connectivity index (χ1) is 11.2. The topological polar surface area (TPSA) is 83.4 Å². The van der Waals surface area contributed by atoms with Crippen molar-refractivity contribution in [1.82, 2.24) is 14.2 Å². The first-order valence-electron chi connectivity index (χ1n) is 7.79. The highest BCUT2D eigenvalue weighted by Crippen LogP contribution is 2.23. The van der Waals surface area contributed by atoms with Gasteiger partial charge in [0.1, 0.15) is 0 Å². The summed E-state index contributed by atoms with van der Waals surface area (Å²) in [5.41, 5.74) is 2.96. The number of carbonyl (C=O) groups is 1. The Morgan fingerprint density at radius 3 is 2.58 bits per heavy atom. The maximum absolute atomic E-state index is 11.9. The molecule has 132 valence electrons. The maximum Gasteiger partial charge on any atom is 0.319 e. The predicted molar refractivity (Wildman–Crippen MR) is 96.8 cm³/mol. The minimum absolute atomic E-state index is 0.0555. The molecule has 2 N–H and O–H groups in total. The van der Waals surface area contributed by atoms with Gasteiger partial charge in [-0.1, -0.05) is 0 Å². The fourth-order valence-electron chi connectivity index (χ4n) is 2.56. The molecule has 0 bridgehead atoms. The minimum atomic E-state index is -3.31. The lowest BCUT2D eigenvalue weighted by atomic mass is 10.2. The molecular weight excluding hydrogens is 328 g/mol. The highest BCUT2D eigenvalue weighted by atomic mass is 32.2. The fraction of sp³-hybridized carbons (Fsp3) is 0.438. The van der Waals surface area contributed by atoms with Crippen molar-refractivity contribution in [3.63, 3.8) is 0 Å². The van der Waals surface area contributed by atoms with Crippen LogP contribution in [0.15, 0.2) is 24.3 Å². The Balaban J connectivity index is 1.98. The summed E-state index contributed by atoms with van der Waals surface area (Å²) in [4.78, 5) is 11.9. The summed E-state index contributed by atoms with van der Waals surface area (Å²) >= 11 is 0. The van der Waals surface area contributed by atoms with Crippen LogP contribution in [0.1, 0.15) is 12.6 Å². The van der Waals surface area contributed by atoms with Crippen molar-refractivity contribution in [2.24, 2.45) is 0 Å². The average molecular weight is 352 g/mol. The molecule has 2 aromatic rings. The second kappa shape index (κ2) is 7.23. The van der Waals surface area contributed by atoms with Crippen LogP contribution in [0.25, 0.3) is 10.9 Å². The third kappa shape index (κ3) is 4.07. The molecular formula is C16H24N4O3S. The van der Waals surface area contributed by atoms with Gasteiger partial charge in [0.25, 0.3) is 0 Å². The van der Waals surface area contributed by atoms with Gasteiger partial charge in [0.15, 0.2) is 0 Å². The number of amides is 2. The molecule has 7 nitrogen and oxygen atoms in total. The molecule has 2 amide bonds. The molecule has 0 atom stereocenters. The zero-order valence-corrected chi connectivity index (χ0v) is 15.3. The molecule has 24 heavy (non-hydrogen) atoms. The lowest BCUT2D eigenvalue weighted by Crippen LogP contribution is -2.36. The summed E-state index contributed by atoms with van der Waals surface area (Å²) in [6.45, 7) is 5.09. The molecule has 0 saturated heterocycles. The van der Waals surface area contributed by atoms with Crippen LogP contribution in [0.4, 0.5) is 10.5 Å². The SMILES string of the molecule is CCn1c(C)cc2cc(NC(=O)NCCS(=O)(=O)N(C)C)ccc21. The molecule has 0 aliphatic heterocycles. The van der Waals surface area contributed by atoms with E-state index >= 15 is 0 Å². The Morgan fingerprint density at radius 1 is 1.25 bits per heavy atom.